The minimum absolute atomic E-state index is 0.0763. The van der Waals surface area contributed by atoms with Gasteiger partial charge in [0.15, 0.2) is 17.5 Å². The lowest BCUT2D eigenvalue weighted by molar-refractivity contribution is 0.272. The maximum absolute atomic E-state index is 6.70. The SMILES string of the molecule is C1=CC2Oc3cc(-c4cccc5ccccc45)ccc3C2C(c2ccc(-c3nc(-c4ccccc4)nc(-c4ccccc4)n3)c3ccccc23)=C1. The second kappa shape index (κ2) is 12.0. The molecule has 2 aliphatic rings. The average Bonchev–Trinajstić information content (AvgIpc) is 3.59. The molecule has 0 radical (unpaired) electrons. The normalized spacial score (nSPS) is 16.0. The summed E-state index contributed by atoms with van der Waals surface area (Å²) in [6.07, 6.45) is 6.50. The Bertz CT molecular complexity index is 2620. The standard InChI is InChI=1S/C47H31N3O/c1-3-14-31(15-4-1)45-48-46(32-16-5-2-6-17-32)50-47(49-45)40-28-27-38(36-20-9-10-21-37(36)40)39-23-12-24-42-44(39)41-26-25-33(29-43(41)51-42)35-22-11-18-30-13-7-8-19-34(30)35/h1-29,42,44H. The molecule has 7 aromatic carbocycles. The molecule has 0 spiro atoms. The molecule has 1 aliphatic carbocycles. The van der Waals surface area contributed by atoms with Crippen LogP contribution in [0.2, 0.25) is 0 Å². The molecular weight excluding hydrogens is 623 g/mol. The first-order valence-electron chi connectivity index (χ1n) is 17.3. The fourth-order valence-electron chi connectivity index (χ4n) is 7.73. The summed E-state index contributed by atoms with van der Waals surface area (Å²) in [5, 5.41) is 4.72. The lowest BCUT2D eigenvalue weighted by atomic mass is 9.79. The molecule has 0 fully saturated rings. The quantitative estimate of drug-likeness (QED) is 0.185. The molecule has 2 heterocycles. The number of aromatic nitrogens is 3. The molecule has 1 aliphatic heterocycles. The van der Waals surface area contributed by atoms with Crippen LogP contribution in [0.5, 0.6) is 5.75 Å². The van der Waals surface area contributed by atoms with Gasteiger partial charge in [-0.3, -0.25) is 0 Å². The highest BCUT2D eigenvalue weighted by molar-refractivity contribution is 6.03. The highest BCUT2D eigenvalue weighted by Crippen LogP contribution is 2.50. The van der Waals surface area contributed by atoms with E-state index in [0.29, 0.717) is 17.5 Å². The van der Waals surface area contributed by atoms with Crippen molar-refractivity contribution in [1.82, 2.24) is 15.0 Å². The predicted octanol–water partition coefficient (Wildman–Crippen LogP) is 11.3. The lowest BCUT2D eigenvalue weighted by Gasteiger charge is -2.24. The lowest BCUT2D eigenvalue weighted by Crippen LogP contribution is -2.19. The van der Waals surface area contributed by atoms with Gasteiger partial charge in [0.1, 0.15) is 11.9 Å². The zero-order valence-corrected chi connectivity index (χ0v) is 27.6. The molecular formula is C47H31N3O. The van der Waals surface area contributed by atoms with Crippen molar-refractivity contribution in [2.45, 2.75) is 12.0 Å². The predicted molar refractivity (Wildman–Crippen MR) is 207 cm³/mol. The summed E-state index contributed by atoms with van der Waals surface area (Å²) in [4.78, 5) is 15.0. The van der Waals surface area contributed by atoms with Gasteiger partial charge in [-0.2, -0.15) is 0 Å². The second-order valence-corrected chi connectivity index (χ2v) is 13.1. The minimum Gasteiger partial charge on any atom is -0.485 e. The van der Waals surface area contributed by atoms with Crippen LogP contribution in [0.4, 0.5) is 0 Å². The fourth-order valence-corrected chi connectivity index (χ4v) is 7.73. The molecule has 51 heavy (non-hydrogen) atoms. The van der Waals surface area contributed by atoms with Crippen LogP contribution < -0.4 is 4.74 Å². The van der Waals surface area contributed by atoms with Crippen molar-refractivity contribution in [3.8, 4) is 51.0 Å². The topological polar surface area (TPSA) is 47.9 Å². The molecule has 4 nitrogen and oxygen atoms in total. The van der Waals surface area contributed by atoms with Gasteiger partial charge in [0.2, 0.25) is 0 Å². The molecule has 0 saturated heterocycles. The van der Waals surface area contributed by atoms with E-state index >= 15 is 0 Å². The Kier molecular flexibility index (Phi) is 6.91. The molecule has 0 bridgehead atoms. The van der Waals surface area contributed by atoms with Gasteiger partial charge < -0.3 is 4.74 Å². The summed E-state index contributed by atoms with van der Waals surface area (Å²) in [6.45, 7) is 0. The monoisotopic (exact) mass is 653 g/mol. The zero-order chi connectivity index (χ0) is 33.7. The smallest absolute Gasteiger partial charge is 0.164 e. The highest BCUT2D eigenvalue weighted by atomic mass is 16.5. The molecule has 0 N–H and O–H groups in total. The fraction of sp³-hybridized carbons (Fsp3) is 0.0426. The number of ether oxygens (including phenoxy) is 1. The van der Waals surface area contributed by atoms with Gasteiger partial charge in [0, 0.05) is 22.3 Å². The molecule has 10 rings (SSSR count). The summed E-state index contributed by atoms with van der Waals surface area (Å²) in [6, 6.07) is 55.0. The first-order chi connectivity index (χ1) is 25.3. The van der Waals surface area contributed by atoms with E-state index in [9.17, 15) is 0 Å². The van der Waals surface area contributed by atoms with E-state index in [1.165, 1.54) is 33.0 Å². The van der Waals surface area contributed by atoms with E-state index in [1.54, 1.807) is 0 Å². The van der Waals surface area contributed by atoms with Gasteiger partial charge in [-0.25, -0.2) is 15.0 Å². The number of rotatable bonds is 5. The van der Waals surface area contributed by atoms with Crippen LogP contribution >= 0.6 is 0 Å². The Balaban J connectivity index is 1.08. The maximum atomic E-state index is 6.70. The van der Waals surface area contributed by atoms with Crippen LogP contribution in [0.15, 0.2) is 176 Å². The molecule has 8 aromatic rings. The van der Waals surface area contributed by atoms with E-state index in [4.69, 9.17) is 19.7 Å². The van der Waals surface area contributed by atoms with Crippen molar-refractivity contribution in [2.24, 2.45) is 0 Å². The van der Waals surface area contributed by atoms with E-state index < -0.39 is 0 Å². The average molecular weight is 654 g/mol. The number of allylic oxidation sites excluding steroid dienone is 2. The van der Waals surface area contributed by atoms with Crippen LogP contribution in [0.3, 0.4) is 0 Å². The third-order valence-corrected chi connectivity index (χ3v) is 10.1. The van der Waals surface area contributed by atoms with Crippen molar-refractivity contribution in [1.29, 1.82) is 0 Å². The van der Waals surface area contributed by atoms with Crippen molar-refractivity contribution in [2.75, 3.05) is 0 Å². The zero-order valence-electron chi connectivity index (χ0n) is 27.6. The number of benzene rings is 7. The van der Waals surface area contributed by atoms with Crippen LogP contribution in [0.1, 0.15) is 17.0 Å². The Hall–Kier alpha value is -6.65. The van der Waals surface area contributed by atoms with Crippen molar-refractivity contribution >= 4 is 27.1 Å². The number of nitrogens with zero attached hydrogens (tertiary/aromatic N) is 3. The largest absolute Gasteiger partial charge is 0.485 e. The van der Waals surface area contributed by atoms with Crippen LogP contribution in [-0.2, 0) is 0 Å². The van der Waals surface area contributed by atoms with E-state index in [1.807, 2.05) is 60.7 Å². The maximum Gasteiger partial charge on any atom is 0.164 e. The first kappa shape index (κ1) is 29.3. The van der Waals surface area contributed by atoms with Gasteiger partial charge in [-0.15, -0.1) is 0 Å². The van der Waals surface area contributed by atoms with Gasteiger partial charge in [0.05, 0.1) is 5.92 Å². The third-order valence-electron chi connectivity index (χ3n) is 10.1. The van der Waals surface area contributed by atoms with E-state index in [-0.39, 0.29) is 12.0 Å². The van der Waals surface area contributed by atoms with Gasteiger partial charge >= 0.3 is 0 Å². The highest BCUT2D eigenvalue weighted by Gasteiger charge is 2.38. The molecule has 1 aromatic heterocycles. The Morgan fingerprint density at radius 2 is 1.06 bits per heavy atom. The van der Waals surface area contributed by atoms with E-state index in [0.717, 1.165) is 38.8 Å². The minimum atomic E-state index is -0.0772. The van der Waals surface area contributed by atoms with E-state index in [2.05, 4.69) is 115 Å². The van der Waals surface area contributed by atoms with Crippen LogP contribution in [0.25, 0.3) is 72.4 Å². The van der Waals surface area contributed by atoms with Crippen molar-refractivity contribution < 1.29 is 4.74 Å². The third kappa shape index (κ3) is 5.03. The van der Waals surface area contributed by atoms with Crippen molar-refractivity contribution in [3.63, 3.8) is 0 Å². The Morgan fingerprint density at radius 1 is 0.451 bits per heavy atom. The molecule has 240 valence electrons. The van der Waals surface area contributed by atoms with Crippen molar-refractivity contribution in [3.05, 3.63) is 187 Å². The Labute approximate surface area is 296 Å². The summed E-state index contributed by atoms with van der Waals surface area (Å²) in [5.41, 5.74) is 8.89. The van der Waals surface area contributed by atoms with Gasteiger partial charge in [0.25, 0.3) is 0 Å². The molecule has 2 atom stereocenters. The second-order valence-electron chi connectivity index (χ2n) is 13.1. The van der Waals surface area contributed by atoms with Gasteiger partial charge in [-0.1, -0.05) is 158 Å². The summed E-state index contributed by atoms with van der Waals surface area (Å²) in [5.74, 6) is 2.97. The summed E-state index contributed by atoms with van der Waals surface area (Å²) in [7, 11) is 0. The number of hydrogen-bond donors (Lipinski definition) is 0. The summed E-state index contributed by atoms with van der Waals surface area (Å²) >= 11 is 0. The number of hydrogen-bond acceptors (Lipinski definition) is 4. The van der Waals surface area contributed by atoms with Gasteiger partial charge in [-0.05, 0) is 62.0 Å². The first-order valence-corrected chi connectivity index (χ1v) is 17.3. The van der Waals surface area contributed by atoms with Crippen LogP contribution in [0, 0.1) is 0 Å². The number of fused-ring (bicyclic) bond motifs is 5. The molecule has 0 amide bonds. The molecule has 4 heteroatoms. The summed E-state index contributed by atoms with van der Waals surface area (Å²) < 4.78 is 6.70. The van der Waals surface area contributed by atoms with Crippen LogP contribution in [-0.4, -0.2) is 21.1 Å². The molecule has 0 saturated carbocycles. The Morgan fingerprint density at radius 3 is 1.80 bits per heavy atom. The molecule has 2 unspecified atom stereocenters.